The number of hydrogen-bond acceptors (Lipinski definition) is 0. The predicted molar refractivity (Wildman–Crippen MR) is 60.0 cm³/mol. The third-order valence-electron chi connectivity index (χ3n) is 2.00. The standard InChI is InChI=1S/C13H22/c1-4-5-6-7-8-9-10-11-12-13(2)3/h13H,1-2,4,7-12H2,3H3. The number of unbranched alkanes of at least 4 members (excludes halogenated alkanes) is 4. The summed E-state index contributed by atoms with van der Waals surface area (Å²) in [6.45, 7) is 9.82. The molecule has 0 heteroatoms. The third kappa shape index (κ3) is 11.6. The molecule has 1 atom stereocenters. The monoisotopic (exact) mass is 178 g/mol. The molecule has 0 aromatic carbocycles. The SMILES string of the molecule is [CH2]CC#CCCCCCCC([CH2])C. The Morgan fingerprint density at radius 3 is 2.38 bits per heavy atom. The zero-order valence-corrected chi connectivity index (χ0v) is 8.94. The van der Waals surface area contributed by atoms with Crippen molar-refractivity contribution in [2.75, 3.05) is 0 Å². The van der Waals surface area contributed by atoms with Gasteiger partial charge in [0.2, 0.25) is 0 Å². The third-order valence-corrected chi connectivity index (χ3v) is 2.00. The van der Waals surface area contributed by atoms with Crippen LogP contribution < -0.4 is 0 Å². The summed E-state index contributed by atoms with van der Waals surface area (Å²) in [6, 6.07) is 0. The van der Waals surface area contributed by atoms with Gasteiger partial charge in [-0.3, -0.25) is 0 Å². The van der Waals surface area contributed by atoms with Gasteiger partial charge in [0.25, 0.3) is 0 Å². The van der Waals surface area contributed by atoms with E-state index in [0.29, 0.717) is 5.92 Å². The lowest BCUT2D eigenvalue weighted by atomic mass is 10.0. The second-order valence-electron chi connectivity index (χ2n) is 3.66. The van der Waals surface area contributed by atoms with Crippen LogP contribution in [0.15, 0.2) is 0 Å². The summed E-state index contributed by atoms with van der Waals surface area (Å²) < 4.78 is 0. The Morgan fingerprint density at radius 2 is 1.77 bits per heavy atom. The molecule has 0 spiro atoms. The van der Waals surface area contributed by atoms with Crippen molar-refractivity contribution in [1.82, 2.24) is 0 Å². The molecule has 13 heavy (non-hydrogen) atoms. The molecule has 0 rings (SSSR count). The van der Waals surface area contributed by atoms with Gasteiger partial charge in [0.05, 0.1) is 0 Å². The Kier molecular flexibility index (Phi) is 9.32. The summed E-state index contributed by atoms with van der Waals surface area (Å²) in [5.41, 5.74) is 0. The highest BCUT2D eigenvalue weighted by molar-refractivity contribution is 4.98. The van der Waals surface area contributed by atoms with Gasteiger partial charge >= 0.3 is 0 Å². The fourth-order valence-electron chi connectivity index (χ4n) is 1.24. The minimum absolute atomic E-state index is 0.617. The van der Waals surface area contributed by atoms with Gasteiger partial charge in [0.15, 0.2) is 0 Å². The summed E-state index contributed by atoms with van der Waals surface area (Å²) in [5.74, 6) is 6.71. The maximum absolute atomic E-state index is 3.97. The first-order chi connectivity index (χ1) is 6.27. The first-order valence-corrected chi connectivity index (χ1v) is 5.35. The van der Waals surface area contributed by atoms with Gasteiger partial charge < -0.3 is 0 Å². The lowest BCUT2D eigenvalue weighted by Crippen LogP contribution is -1.87. The zero-order chi connectivity index (χ0) is 9.94. The van der Waals surface area contributed by atoms with E-state index >= 15 is 0 Å². The van der Waals surface area contributed by atoms with E-state index in [1.54, 1.807) is 0 Å². The van der Waals surface area contributed by atoms with E-state index in [4.69, 9.17) is 0 Å². The van der Waals surface area contributed by atoms with Crippen molar-refractivity contribution in [3.05, 3.63) is 13.8 Å². The van der Waals surface area contributed by atoms with E-state index in [1.807, 2.05) is 0 Å². The Balaban J connectivity index is 3.00. The molecule has 0 saturated heterocycles. The fraction of sp³-hybridized carbons (Fsp3) is 0.692. The second-order valence-corrected chi connectivity index (χ2v) is 3.66. The normalized spacial score (nSPS) is 9.85. The van der Waals surface area contributed by atoms with Gasteiger partial charge in [0, 0.05) is 12.8 Å². The smallest absolute Gasteiger partial charge is 0.00890 e. The molecule has 0 heterocycles. The zero-order valence-electron chi connectivity index (χ0n) is 8.94. The van der Waals surface area contributed by atoms with Crippen molar-refractivity contribution in [2.24, 2.45) is 5.92 Å². The summed E-state index contributed by atoms with van der Waals surface area (Å²) in [4.78, 5) is 0. The summed E-state index contributed by atoms with van der Waals surface area (Å²) >= 11 is 0. The van der Waals surface area contributed by atoms with Crippen molar-refractivity contribution < 1.29 is 0 Å². The fourth-order valence-corrected chi connectivity index (χ4v) is 1.24. The van der Waals surface area contributed by atoms with Crippen LogP contribution in [-0.2, 0) is 0 Å². The van der Waals surface area contributed by atoms with E-state index in [9.17, 15) is 0 Å². The average molecular weight is 178 g/mol. The lowest BCUT2D eigenvalue weighted by Gasteiger charge is -2.02. The van der Waals surface area contributed by atoms with E-state index in [2.05, 4.69) is 32.6 Å². The van der Waals surface area contributed by atoms with Crippen LogP contribution in [0.1, 0.15) is 51.9 Å². The molecule has 1 unspecified atom stereocenters. The topological polar surface area (TPSA) is 0 Å². The molecule has 74 valence electrons. The van der Waals surface area contributed by atoms with E-state index in [1.165, 1.54) is 32.1 Å². The first kappa shape index (κ1) is 12.6. The molecular formula is C13H22. The number of hydrogen-bond donors (Lipinski definition) is 0. The minimum Gasteiger partial charge on any atom is -0.103 e. The van der Waals surface area contributed by atoms with Gasteiger partial charge in [-0.15, -0.1) is 11.8 Å². The van der Waals surface area contributed by atoms with Crippen LogP contribution in [0.4, 0.5) is 0 Å². The van der Waals surface area contributed by atoms with E-state index in [0.717, 1.165) is 12.8 Å². The van der Waals surface area contributed by atoms with Gasteiger partial charge in [0.1, 0.15) is 0 Å². The van der Waals surface area contributed by atoms with Crippen LogP contribution in [0.25, 0.3) is 0 Å². The Hall–Kier alpha value is -0.440. The quantitative estimate of drug-likeness (QED) is 0.425. The highest BCUT2D eigenvalue weighted by Gasteiger charge is 1.93. The Labute approximate surface area is 84.1 Å². The van der Waals surface area contributed by atoms with Crippen LogP contribution in [-0.4, -0.2) is 0 Å². The second kappa shape index (κ2) is 9.65. The molecule has 0 bridgehead atoms. The van der Waals surface area contributed by atoms with Crippen LogP contribution in [0, 0.1) is 31.6 Å². The molecule has 0 aliphatic heterocycles. The summed E-state index contributed by atoms with van der Waals surface area (Å²) in [7, 11) is 0. The van der Waals surface area contributed by atoms with Crippen molar-refractivity contribution in [3.63, 3.8) is 0 Å². The molecule has 0 aromatic rings. The van der Waals surface area contributed by atoms with Crippen LogP contribution in [0.5, 0.6) is 0 Å². The molecule has 0 nitrogen and oxygen atoms in total. The Bertz CT molecular complexity index is 145. The van der Waals surface area contributed by atoms with Crippen LogP contribution in [0.2, 0.25) is 0 Å². The summed E-state index contributed by atoms with van der Waals surface area (Å²) in [6.07, 6.45) is 8.30. The summed E-state index contributed by atoms with van der Waals surface area (Å²) in [5, 5.41) is 0. The molecule has 0 saturated carbocycles. The van der Waals surface area contributed by atoms with Crippen molar-refractivity contribution >= 4 is 0 Å². The molecule has 0 amide bonds. The Morgan fingerprint density at radius 1 is 1.08 bits per heavy atom. The highest BCUT2D eigenvalue weighted by Crippen LogP contribution is 2.09. The molecule has 2 radical (unpaired) electrons. The van der Waals surface area contributed by atoms with Crippen molar-refractivity contribution in [3.8, 4) is 11.8 Å². The van der Waals surface area contributed by atoms with E-state index < -0.39 is 0 Å². The van der Waals surface area contributed by atoms with Gasteiger partial charge in [-0.25, -0.2) is 0 Å². The van der Waals surface area contributed by atoms with E-state index in [-0.39, 0.29) is 0 Å². The minimum atomic E-state index is 0.617. The van der Waals surface area contributed by atoms with Crippen LogP contribution in [0.3, 0.4) is 0 Å². The van der Waals surface area contributed by atoms with Crippen LogP contribution >= 0.6 is 0 Å². The van der Waals surface area contributed by atoms with Gasteiger partial charge in [-0.2, -0.15) is 0 Å². The highest BCUT2D eigenvalue weighted by atomic mass is 14.0. The molecular weight excluding hydrogens is 156 g/mol. The van der Waals surface area contributed by atoms with Crippen molar-refractivity contribution in [2.45, 2.75) is 51.9 Å². The average Bonchev–Trinajstić information content (AvgIpc) is 2.09. The molecule has 0 aliphatic carbocycles. The predicted octanol–water partition coefficient (Wildman–Crippen LogP) is 4.02. The molecule has 0 aliphatic rings. The molecule has 0 N–H and O–H groups in total. The van der Waals surface area contributed by atoms with Gasteiger partial charge in [-0.1, -0.05) is 39.5 Å². The maximum Gasteiger partial charge on any atom is 0.00890 e. The molecule has 0 fully saturated rings. The van der Waals surface area contributed by atoms with Crippen molar-refractivity contribution in [1.29, 1.82) is 0 Å². The maximum atomic E-state index is 3.97. The first-order valence-electron chi connectivity index (χ1n) is 5.35. The van der Waals surface area contributed by atoms with Gasteiger partial charge in [-0.05, 0) is 19.3 Å². The molecule has 0 aromatic heterocycles. The lowest BCUT2D eigenvalue weighted by molar-refractivity contribution is 0.554. The largest absolute Gasteiger partial charge is 0.103 e. The number of rotatable bonds is 6.